The molecule has 3 heterocycles. The molecule has 1 aliphatic rings. The van der Waals surface area contributed by atoms with Gasteiger partial charge in [-0.15, -0.1) is 0 Å². The van der Waals surface area contributed by atoms with E-state index in [1.807, 2.05) is 36.7 Å². The van der Waals surface area contributed by atoms with Crippen molar-refractivity contribution in [1.82, 2.24) is 14.9 Å². The second kappa shape index (κ2) is 8.84. The highest BCUT2D eigenvalue weighted by Crippen LogP contribution is 2.27. The van der Waals surface area contributed by atoms with Gasteiger partial charge in [0.1, 0.15) is 11.9 Å². The smallest absolute Gasteiger partial charge is 0.119 e. The van der Waals surface area contributed by atoms with E-state index in [1.165, 1.54) is 10.9 Å². The van der Waals surface area contributed by atoms with Crippen LogP contribution < -0.4 is 4.74 Å². The Balaban J connectivity index is 1.28. The van der Waals surface area contributed by atoms with Crippen LogP contribution in [0.3, 0.4) is 0 Å². The Hall–Kier alpha value is -3.28. The molecule has 4 aromatic rings. The summed E-state index contributed by atoms with van der Waals surface area (Å²) in [6.07, 6.45) is 3.74. The predicted octanol–water partition coefficient (Wildman–Crippen LogP) is 4.88. The van der Waals surface area contributed by atoms with Gasteiger partial charge < -0.3 is 9.47 Å². The lowest BCUT2D eigenvalue weighted by atomic mass is 10.1. The third-order valence-electron chi connectivity index (χ3n) is 5.74. The molecule has 156 valence electrons. The van der Waals surface area contributed by atoms with Crippen molar-refractivity contribution in [3.8, 4) is 16.9 Å². The lowest BCUT2D eigenvalue weighted by Gasteiger charge is -2.32. The highest BCUT2D eigenvalue weighted by atomic mass is 16.5. The van der Waals surface area contributed by atoms with Crippen LogP contribution in [0.4, 0.5) is 0 Å². The second-order valence-electron chi connectivity index (χ2n) is 7.83. The molecule has 0 N–H and O–H groups in total. The van der Waals surface area contributed by atoms with E-state index in [9.17, 15) is 0 Å². The van der Waals surface area contributed by atoms with Crippen molar-refractivity contribution >= 4 is 10.9 Å². The summed E-state index contributed by atoms with van der Waals surface area (Å²) in [4.78, 5) is 11.6. The summed E-state index contributed by atoms with van der Waals surface area (Å²) < 4.78 is 11.4. The van der Waals surface area contributed by atoms with E-state index in [0.717, 1.165) is 47.7 Å². The molecule has 1 aliphatic heterocycles. The maximum absolute atomic E-state index is 6.05. The topological polar surface area (TPSA) is 47.5 Å². The molecule has 0 saturated carbocycles. The largest absolute Gasteiger partial charge is 0.497 e. The van der Waals surface area contributed by atoms with Gasteiger partial charge in [0, 0.05) is 43.0 Å². The van der Waals surface area contributed by atoms with E-state index < -0.39 is 0 Å². The zero-order chi connectivity index (χ0) is 21.0. The first-order valence-corrected chi connectivity index (χ1v) is 10.6. The molecular weight excluding hydrogens is 386 g/mol. The van der Waals surface area contributed by atoms with Crippen LogP contribution in [-0.2, 0) is 11.3 Å². The van der Waals surface area contributed by atoms with Gasteiger partial charge in [0.15, 0.2) is 0 Å². The monoisotopic (exact) mass is 411 g/mol. The first-order valence-electron chi connectivity index (χ1n) is 10.6. The van der Waals surface area contributed by atoms with Crippen molar-refractivity contribution in [2.75, 3.05) is 26.8 Å². The molecular formula is C26H25N3O2. The molecule has 0 bridgehead atoms. The predicted molar refractivity (Wildman–Crippen MR) is 122 cm³/mol. The number of aromatic nitrogens is 2. The number of benzene rings is 2. The van der Waals surface area contributed by atoms with Crippen LogP contribution >= 0.6 is 0 Å². The quantitative estimate of drug-likeness (QED) is 0.468. The van der Waals surface area contributed by atoms with E-state index in [1.54, 1.807) is 7.11 Å². The van der Waals surface area contributed by atoms with E-state index in [4.69, 9.17) is 14.5 Å². The molecule has 5 nitrogen and oxygen atoms in total. The molecule has 5 heteroatoms. The molecule has 0 radical (unpaired) electrons. The molecule has 1 unspecified atom stereocenters. The van der Waals surface area contributed by atoms with Gasteiger partial charge in [0.2, 0.25) is 0 Å². The number of rotatable bonds is 5. The summed E-state index contributed by atoms with van der Waals surface area (Å²) in [6.45, 7) is 3.35. The molecule has 1 fully saturated rings. The summed E-state index contributed by atoms with van der Waals surface area (Å²) >= 11 is 0. The molecule has 0 spiro atoms. The average molecular weight is 412 g/mol. The maximum atomic E-state index is 6.05. The van der Waals surface area contributed by atoms with Crippen LogP contribution in [0.1, 0.15) is 17.4 Å². The van der Waals surface area contributed by atoms with E-state index in [0.29, 0.717) is 6.61 Å². The van der Waals surface area contributed by atoms with Gasteiger partial charge in [-0.25, -0.2) is 0 Å². The molecule has 0 aliphatic carbocycles. The van der Waals surface area contributed by atoms with Gasteiger partial charge in [-0.1, -0.05) is 30.3 Å². The van der Waals surface area contributed by atoms with Gasteiger partial charge in [-0.2, -0.15) is 0 Å². The Morgan fingerprint density at radius 3 is 2.84 bits per heavy atom. The van der Waals surface area contributed by atoms with Crippen LogP contribution in [0.5, 0.6) is 5.75 Å². The van der Waals surface area contributed by atoms with Gasteiger partial charge in [-0.3, -0.25) is 14.9 Å². The molecule has 1 saturated heterocycles. The molecule has 2 aromatic carbocycles. The summed E-state index contributed by atoms with van der Waals surface area (Å²) in [5.41, 5.74) is 5.46. The van der Waals surface area contributed by atoms with Gasteiger partial charge in [-0.05, 0) is 47.5 Å². The number of ether oxygens (including phenoxy) is 2. The third-order valence-corrected chi connectivity index (χ3v) is 5.74. The minimum Gasteiger partial charge on any atom is -0.497 e. The Bertz CT molecular complexity index is 1180. The SMILES string of the molecule is COc1cccc(-c2ccc(C3CN(Cc4ccc5ncccc5c4)CCO3)nc2)c1. The van der Waals surface area contributed by atoms with Gasteiger partial charge >= 0.3 is 0 Å². The Kier molecular flexibility index (Phi) is 5.61. The summed E-state index contributed by atoms with van der Waals surface area (Å²) in [6, 6.07) is 22.8. The number of morpholine rings is 1. The fourth-order valence-corrected chi connectivity index (χ4v) is 4.08. The third kappa shape index (κ3) is 4.43. The summed E-state index contributed by atoms with van der Waals surface area (Å²) in [5, 5.41) is 1.18. The minimum absolute atomic E-state index is 0.0183. The van der Waals surface area contributed by atoms with Crippen molar-refractivity contribution in [3.63, 3.8) is 0 Å². The van der Waals surface area contributed by atoms with E-state index in [-0.39, 0.29) is 6.10 Å². The van der Waals surface area contributed by atoms with Crippen molar-refractivity contribution in [2.24, 2.45) is 0 Å². The Morgan fingerprint density at radius 2 is 1.97 bits per heavy atom. The van der Waals surface area contributed by atoms with Crippen molar-refractivity contribution in [2.45, 2.75) is 12.6 Å². The number of hydrogen-bond donors (Lipinski definition) is 0. The highest BCUT2D eigenvalue weighted by Gasteiger charge is 2.23. The van der Waals surface area contributed by atoms with E-state index in [2.05, 4.69) is 52.3 Å². The van der Waals surface area contributed by atoms with Crippen LogP contribution in [0, 0.1) is 0 Å². The minimum atomic E-state index is -0.0183. The second-order valence-corrected chi connectivity index (χ2v) is 7.83. The number of hydrogen-bond acceptors (Lipinski definition) is 5. The molecule has 31 heavy (non-hydrogen) atoms. The Morgan fingerprint density at radius 1 is 1.00 bits per heavy atom. The van der Waals surface area contributed by atoms with Crippen LogP contribution in [-0.4, -0.2) is 41.7 Å². The standard InChI is InChI=1S/C26H25N3O2/c1-30-23-6-2-4-20(15-23)22-8-10-25(28-16-22)26-18-29(12-13-31-26)17-19-7-9-24-21(14-19)5-3-11-27-24/h2-11,14-16,26H,12-13,17-18H2,1H3. The fourth-order valence-electron chi connectivity index (χ4n) is 4.08. The Labute approximate surface area is 182 Å². The fraction of sp³-hybridized carbons (Fsp3) is 0.231. The number of methoxy groups -OCH3 is 1. The lowest BCUT2D eigenvalue weighted by molar-refractivity contribution is -0.0349. The van der Waals surface area contributed by atoms with Crippen molar-refractivity contribution in [1.29, 1.82) is 0 Å². The van der Waals surface area contributed by atoms with Gasteiger partial charge in [0.05, 0.1) is 24.9 Å². The normalized spacial score (nSPS) is 17.0. The molecule has 5 rings (SSSR count). The zero-order valence-electron chi connectivity index (χ0n) is 17.6. The maximum Gasteiger partial charge on any atom is 0.119 e. The summed E-state index contributed by atoms with van der Waals surface area (Å²) in [5.74, 6) is 0.845. The van der Waals surface area contributed by atoms with Gasteiger partial charge in [0.25, 0.3) is 0 Å². The van der Waals surface area contributed by atoms with E-state index >= 15 is 0 Å². The van der Waals surface area contributed by atoms with Crippen molar-refractivity contribution in [3.05, 3.63) is 90.4 Å². The molecule has 2 aromatic heterocycles. The summed E-state index contributed by atoms with van der Waals surface area (Å²) in [7, 11) is 1.68. The lowest BCUT2D eigenvalue weighted by Crippen LogP contribution is -2.38. The molecule has 1 atom stereocenters. The van der Waals surface area contributed by atoms with Crippen molar-refractivity contribution < 1.29 is 9.47 Å². The average Bonchev–Trinajstić information content (AvgIpc) is 2.84. The number of nitrogens with zero attached hydrogens (tertiary/aromatic N) is 3. The van der Waals surface area contributed by atoms with Crippen LogP contribution in [0.15, 0.2) is 79.1 Å². The van der Waals surface area contributed by atoms with Crippen LogP contribution in [0.25, 0.3) is 22.0 Å². The first-order chi connectivity index (χ1) is 15.3. The number of fused-ring (bicyclic) bond motifs is 1. The number of pyridine rings is 2. The zero-order valence-corrected chi connectivity index (χ0v) is 17.6. The highest BCUT2D eigenvalue weighted by molar-refractivity contribution is 5.78. The molecule has 0 amide bonds. The first kappa shape index (κ1) is 19.7. The van der Waals surface area contributed by atoms with Crippen LogP contribution in [0.2, 0.25) is 0 Å².